The molecule has 1 aromatic carbocycles. The number of ether oxygens (including phenoxy) is 2. The first-order valence-corrected chi connectivity index (χ1v) is 7.28. The van der Waals surface area contributed by atoms with Gasteiger partial charge >= 0.3 is 6.61 Å². The standard InChI is InChI=1S/C14H17F2N3O2S/c15-13(16)21-12-6-2-1-4-10(12)8-18-19-14(22)17-9-11-5-3-7-20-11/h1-2,4,6,8,11,13H,3,5,7,9H2,(H2,17,19,22)/b18-8-/t11-/m0/s1. The summed E-state index contributed by atoms with van der Waals surface area (Å²) in [5.41, 5.74) is 3.05. The van der Waals surface area contributed by atoms with E-state index in [-0.39, 0.29) is 11.9 Å². The number of benzene rings is 1. The third-order valence-electron chi connectivity index (χ3n) is 3.02. The van der Waals surface area contributed by atoms with Gasteiger partial charge in [-0.05, 0) is 37.2 Å². The lowest BCUT2D eigenvalue weighted by Gasteiger charge is -2.12. The molecule has 1 aliphatic heterocycles. The molecule has 0 radical (unpaired) electrons. The Morgan fingerprint density at radius 3 is 3.05 bits per heavy atom. The van der Waals surface area contributed by atoms with Crippen molar-refractivity contribution in [2.75, 3.05) is 13.2 Å². The number of nitrogens with one attached hydrogen (secondary N) is 2. The second-order valence-corrected chi connectivity index (χ2v) is 5.04. The highest BCUT2D eigenvalue weighted by Crippen LogP contribution is 2.18. The number of hydrazone groups is 1. The van der Waals surface area contributed by atoms with Crippen molar-refractivity contribution in [1.29, 1.82) is 0 Å². The van der Waals surface area contributed by atoms with Gasteiger partial charge in [0, 0.05) is 18.7 Å². The van der Waals surface area contributed by atoms with Crippen LogP contribution in [0.1, 0.15) is 18.4 Å². The van der Waals surface area contributed by atoms with E-state index >= 15 is 0 Å². The maximum atomic E-state index is 12.3. The fraction of sp³-hybridized carbons (Fsp3) is 0.429. The number of para-hydroxylation sites is 1. The van der Waals surface area contributed by atoms with E-state index in [0.29, 0.717) is 17.2 Å². The monoisotopic (exact) mass is 329 g/mol. The zero-order chi connectivity index (χ0) is 15.8. The van der Waals surface area contributed by atoms with E-state index in [2.05, 4.69) is 20.6 Å². The average molecular weight is 329 g/mol. The van der Waals surface area contributed by atoms with Crippen LogP contribution in [0.5, 0.6) is 5.75 Å². The predicted octanol–water partition coefficient (Wildman–Crippen LogP) is 2.26. The van der Waals surface area contributed by atoms with E-state index in [4.69, 9.17) is 17.0 Å². The number of nitrogens with zero attached hydrogens (tertiary/aromatic N) is 1. The second-order valence-electron chi connectivity index (χ2n) is 4.63. The SMILES string of the molecule is FC(F)Oc1ccccc1/C=N\NC(=S)NC[C@@H]1CCCO1. The van der Waals surface area contributed by atoms with E-state index in [0.717, 1.165) is 19.4 Å². The van der Waals surface area contributed by atoms with Crippen molar-refractivity contribution in [1.82, 2.24) is 10.7 Å². The number of hydrogen-bond acceptors (Lipinski definition) is 4. The van der Waals surface area contributed by atoms with Crippen LogP contribution in [-0.4, -0.2) is 37.2 Å². The van der Waals surface area contributed by atoms with Gasteiger partial charge in [-0.1, -0.05) is 12.1 Å². The zero-order valence-electron chi connectivity index (χ0n) is 11.8. The van der Waals surface area contributed by atoms with E-state index in [1.807, 2.05) is 0 Å². The molecular weight excluding hydrogens is 312 g/mol. The van der Waals surface area contributed by atoms with Crippen LogP contribution in [0.25, 0.3) is 0 Å². The largest absolute Gasteiger partial charge is 0.434 e. The molecule has 5 nitrogen and oxygen atoms in total. The van der Waals surface area contributed by atoms with Crippen molar-refractivity contribution in [3.05, 3.63) is 29.8 Å². The van der Waals surface area contributed by atoms with Gasteiger partial charge in [0.25, 0.3) is 0 Å². The molecule has 0 spiro atoms. The highest BCUT2D eigenvalue weighted by atomic mass is 32.1. The number of alkyl halides is 2. The van der Waals surface area contributed by atoms with Crippen LogP contribution in [0.2, 0.25) is 0 Å². The Kier molecular flexibility index (Phi) is 6.47. The minimum atomic E-state index is -2.88. The zero-order valence-corrected chi connectivity index (χ0v) is 12.6. The second kappa shape index (κ2) is 8.60. The third-order valence-corrected chi connectivity index (χ3v) is 3.25. The Bertz CT molecular complexity index is 523. The Labute approximate surface area is 132 Å². The maximum Gasteiger partial charge on any atom is 0.387 e. The summed E-state index contributed by atoms with van der Waals surface area (Å²) < 4.78 is 34.4. The number of hydrogen-bond donors (Lipinski definition) is 2. The third kappa shape index (κ3) is 5.53. The summed E-state index contributed by atoms with van der Waals surface area (Å²) in [5.74, 6) is 0.0567. The molecule has 1 aliphatic rings. The molecule has 0 amide bonds. The molecule has 8 heteroatoms. The lowest BCUT2D eigenvalue weighted by atomic mass is 10.2. The molecule has 0 saturated carbocycles. The normalized spacial score (nSPS) is 17.9. The Hall–Kier alpha value is -1.80. The lowest BCUT2D eigenvalue weighted by Crippen LogP contribution is -2.37. The molecule has 0 unspecified atom stereocenters. The summed E-state index contributed by atoms with van der Waals surface area (Å²) in [4.78, 5) is 0. The van der Waals surface area contributed by atoms with Crippen LogP contribution in [0.15, 0.2) is 29.4 Å². The molecule has 1 saturated heterocycles. The number of halogens is 2. The summed E-state index contributed by atoms with van der Waals surface area (Å²) in [7, 11) is 0. The summed E-state index contributed by atoms with van der Waals surface area (Å²) in [6.45, 7) is -1.48. The fourth-order valence-corrected chi connectivity index (χ4v) is 2.14. The van der Waals surface area contributed by atoms with Crippen LogP contribution >= 0.6 is 12.2 Å². The summed E-state index contributed by atoms with van der Waals surface area (Å²) in [5, 5.41) is 7.24. The van der Waals surface area contributed by atoms with Gasteiger partial charge in [-0.3, -0.25) is 5.43 Å². The van der Waals surface area contributed by atoms with Crippen LogP contribution in [0.3, 0.4) is 0 Å². The topological polar surface area (TPSA) is 54.9 Å². The minimum Gasteiger partial charge on any atom is -0.434 e. The van der Waals surface area contributed by atoms with E-state index in [1.54, 1.807) is 18.2 Å². The highest BCUT2D eigenvalue weighted by Gasteiger charge is 2.15. The molecule has 22 heavy (non-hydrogen) atoms. The van der Waals surface area contributed by atoms with Crippen molar-refractivity contribution < 1.29 is 18.3 Å². The minimum absolute atomic E-state index is 0.0567. The van der Waals surface area contributed by atoms with Gasteiger partial charge in [0.1, 0.15) is 5.75 Å². The lowest BCUT2D eigenvalue weighted by molar-refractivity contribution is -0.0499. The van der Waals surface area contributed by atoms with Crippen molar-refractivity contribution in [2.45, 2.75) is 25.6 Å². The molecule has 2 N–H and O–H groups in total. The van der Waals surface area contributed by atoms with Crippen molar-refractivity contribution in [2.24, 2.45) is 5.10 Å². The maximum absolute atomic E-state index is 12.3. The van der Waals surface area contributed by atoms with Crippen LogP contribution in [-0.2, 0) is 4.74 Å². The van der Waals surface area contributed by atoms with Gasteiger partial charge in [0.05, 0.1) is 12.3 Å². The van der Waals surface area contributed by atoms with Crippen LogP contribution in [0, 0.1) is 0 Å². The molecule has 120 valence electrons. The molecule has 1 fully saturated rings. The van der Waals surface area contributed by atoms with E-state index in [9.17, 15) is 8.78 Å². The molecule has 0 aliphatic carbocycles. The first kappa shape index (κ1) is 16.6. The van der Waals surface area contributed by atoms with Gasteiger partial charge < -0.3 is 14.8 Å². The molecule has 1 aromatic rings. The van der Waals surface area contributed by atoms with Gasteiger partial charge in [0.15, 0.2) is 5.11 Å². The smallest absolute Gasteiger partial charge is 0.387 e. The number of rotatable bonds is 6. The predicted molar refractivity (Wildman–Crippen MR) is 83.4 cm³/mol. The highest BCUT2D eigenvalue weighted by molar-refractivity contribution is 7.80. The Morgan fingerprint density at radius 2 is 2.32 bits per heavy atom. The quantitative estimate of drug-likeness (QED) is 0.476. The first-order chi connectivity index (χ1) is 10.6. The molecule has 1 atom stereocenters. The first-order valence-electron chi connectivity index (χ1n) is 6.87. The van der Waals surface area contributed by atoms with Crippen molar-refractivity contribution >= 4 is 23.5 Å². The fourth-order valence-electron chi connectivity index (χ4n) is 2.00. The molecule has 2 rings (SSSR count). The van der Waals surface area contributed by atoms with Gasteiger partial charge in [-0.25, -0.2) is 0 Å². The summed E-state index contributed by atoms with van der Waals surface area (Å²) in [6, 6.07) is 6.37. The molecule has 0 bridgehead atoms. The Morgan fingerprint density at radius 1 is 1.50 bits per heavy atom. The molecular formula is C14H17F2N3O2S. The van der Waals surface area contributed by atoms with E-state index in [1.165, 1.54) is 12.3 Å². The molecule has 0 aromatic heterocycles. The van der Waals surface area contributed by atoms with Gasteiger partial charge in [-0.15, -0.1) is 0 Å². The average Bonchev–Trinajstić information content (AvgIpc) is 3.00. The van der Waals surface area contributed by atoms with Gasteiger partial charge in [0.2, 0.25) is 0 Å². The summed E-state index contributed by atoms with van der Waals surface area (Å²) in [6.07, 6.45) is 3.62. The molecule has 1 heterocycles. The van der Waals surface area contributed by atoms with Gasteiger partial charge in [-0.2, -0.15) is 13.9 Å². The van der Waals surface area contributed by atoms with E-state index < -0.39 is 6.61 Å². The van der Waals surface area contributed by atoms with Crippen LogP contribution in [0.4, 0.5) is 8.78 Å². The van der Waals surface area contributed by atoms with Crippen LogP contribution < -0.4 is 15.5 Å². The number of thiocarbonyl (C=S) groups is 1. The van der Waals surface area contributed by atoms with Crippen molar-refractivity contribution in [3.63, 3.8) is 0 Å². The van der Waals surface area contributed by atoms with Crippen molar-refractivity contribution in [3.8, 4) is 5.75 Å². The summed E-state index contributed by atoms with van der Waals surface area (Å²) >= 11 is 5.06. The Balaban J connectivity index is 1.80.